The van der Waals surface area contributed by atoms with Crippen molar-refractivity contribution in [3.05, 3.63) is 46.8 Å². The number of nitrogens with one attached hydrogen (secondary N) is 1. The predicted octanol–water partition coefficient (Wildman–Crippen LogP) is 4.12. The first-order valence-corrected chi connectivity index (χ1v) is 9.73. The topological polar surface area (TPSA) is 81.4 Å². The summed E-state index contributed by atoms with van der Waals surface area (Å²) in [5, 5.41) is 6.72. The summed E-state index contributed by atoms with van der Waals surface area (Å²) < 4.78 is 10.3. The number of carbonyl (C=O) groups is 2. The van der Waals surface area contributed by atoms with E-state index in [9.17, 15) is 9.59 Å². The molecule has 0 saturated heterocycles. The van der Waals surface area contributed by atoms with Gasteiger partial charge in [-0.2, -0.15) is 0 Å². The van der Waals surface area contributed by atoms with Crippen LogP contribution in [0.1, 0.15) is 47.1 Å². The second-order valence-corrected chi connectivity index (χ2v) is 6.90. The molecule has 1 amide bonds. The molecule has 1 aromatic carbocycles. The number of ether oxygens (including phenoxy) is 1. The lowest BCUT2D eigenvalue weighted by Crippen LogP contribution is -2.14. The number of hydrogen-bond acceptors (Lipinski definition) is 6. The van der Waals surface area contributed by atoms with Crippen molar-refractivity contribution in [3.63, 3.8) is 0 Å². The van der Waals surface area contributed by atoms with Crippen LogP contribution >= 0.6 is 11.8 Å². The molecule has 0 radical (unpaired) electrons. The molecule has 1 N–H and O–H groups in total. The van der Waals surface area contributed by atoms with Gasteiger partial charge in [-0.3, -0.25) is 4.79 Å². The van der Waals surface area contributed by atoms with Crippen LogP contribution in [-0.2, 0) is 15.3 Å². The van der Waals surface area contributed by atoms with Gasteiger partial charge in [0.15, 0.2) is 0 Å². The highest BCUT2D eigenvalue weighted by Gasteiger charge is 2.11. The molecule has 0 unspecified atom stereocenters. The van der Waals surface area contributed by atoms with Gasteiger partial charge in [0.25, 0.3) is 0 Å². The van der Waals surface area contributed by atoms with E-state index in [4.69, 9.17) is 9.26 Å². The molecule has 140 valence electrons. The molecule has 0 atom stereocenters. The number of aryl methyl sites for hydroxylation is 2. The smallest absolute Gasteiger partial charge is 0.338 e. The molecule has 6 nitrogen and oxygen atoms in total. The Balaban J connectivity index is 1.77. The van der Waals surface area contributed by atoms with Crippen molar-refractivity contribution < 1.29 is 18.8 Å². The Hall–Kier alpha value is -2.28. The lowest BCUT2D eigenvalue weighted by molar-refractivity contribution is -0.113. The molecule has 0 fully saturated rings. The molecule has 0 bridgehead atoms. The third-order valence-electron chi connectivity index (χ3n) is 3.80. The molecule has 26 heavy (non-hydrogen) atoms. The zero-order valence-corrected chi connectivity index (χ0v) is 16.1. The molecule has 0 spiro atoms. The molecule has 0 aliphatic heterocycles. The van der Waals surface area contributed by atoms with E-state index in [1.807, 2.05) is 20.8 Å². The fourth-order valence-corrected chi connectivity index (χ4v) is 3.21. The highest BCUT2D eigenvalue weighted by atomic mass is 32.2. The Kier molecular flexibility index (Phi) is 7.72. The number of benzene rings is 1. The van der Waals surface area contributed by atoms with Gasteiger partial charge in [0, 0.05) is 17.0 Å². The molecule has 7 heteroatoms. The second kappa shape index (κ2) is 10.0. The zero-order chi connectivity index (χ0) is 18.9. The van der Waals surface area contributed by atoms with Gasteiger partial charge in [-0.05, 0) is 44.5 Å². The first-order chi connectivity index (χ1) is 12.5. The SMILES string of the molecule is CCCCOC(=O)c1ccc(NC(=O)CSCc2c(C)noc2C)cc1. The average Bonchev–Trinajstić information content (AvgIpc) is 2.94. The first-order valence-electron chi connectivity index (χ1n) is 8.57. The summed E-state index contributed by atoms with van der Waals surface area (Å²) in [6.45, 7) is 6.22. The number of unbranched alkanes of at least 4 members (excludes halogenated alkanes) is 1. The van der Waals surface area contributed by atoms with Crippen LogP contribution in [0.5, 0.6) is 0 Å². The molecular weight excluding hydrogens is 352 g/mol. The van der Waals surface area contributed by atoms with Crippen molar-refractivity contribution in [2.45, 2.75) is 39.4 Å². The zero-order valence-electron chi connectivity index (χ0n) is 15.3. The third-order valence-corrected chi connectivity index (χ3v) is 4.76. The minimum absolute atomic E-state index is 0.0972. The number of nitrogens with zero attached hydrogens (tertiary/aromatic N) is 1. The molecule has 0 saturated carbocycles. The lowest BCUT2D eigenvalue weighted by atomic mass is 10.2. The summed E-state index contributed by atoms with van der Waals surface area (Å²) in [5.41, 5.74) is 3.02. The summed E-state index contributed by atoms with van der Waals surface area (Å²) in [5.74, 6) is 1.35. The number of amides is 1. The molecule has 1 heterocycles. The second-order valence-electron chi connectivity index (χ2n) is 5.91. The van der Waals surface area contributed by atoms with Crippen LogP contribution in [0.25, 0.3) is 0 Å². The Morgan fingerprint density at radius 3 is 2.58 bits per heavy atom. The number of hydrogen-bond donors (Lipinski definition) is 1. The first kappa shape index (κ1) is 20.0. The van der Waals surface area contributed by atoms with E-state index in [1.54, 1.807) is 24.3 Å². The quantitative estimate of drug-likeness (QED) is 0.524. The molecule has 0 aliphatic carbocycles. The van der Waals surface area contributed by atoms with E-state index in [0.29, 0.717) is 29.4 Å². The summed E-state index contributed by atoms with van der Waals surface area (Å²) in [6.07, 6.45) is 1.83. The summed E-state index contributed by atoms with van der Waals surface area (Å²) in [6, 6.07) is 6.71. The van der Waals surface area contributed by atoms with Crippen LogP contribution in [0.4, 0.5) is 5.69 Å². The molecule has 2 rings (SSSR count). The number of carbonyl (C=O) groups excluding carboxylic acids is 2. The largest absolute Gasteiger partial charge is 0.462 e. The van der Waals surface area contributed by atoms with E-state index in [1.165, 1.54) is 11.8 Å². The average molecular weight is 376 g/mol. The van der Waals surface area contributed by atoms with Gasteiger partial charge in [0.2, 0.25) is 5.91 Å². The van der Waals surface area contributed by atoms with Crippen LogP contribution < -0.4 is 5.32 Å². The normalized spacial score (nSPS) is 10.6. The van der Waals surface area contributed by atoms with Crippen molar-refractivity contribution in [3.8, 4) is 0 Å². The van der Waals surface area contributed by atoms with Crippen LogP contribution in [0.2, 0.25) is 0 Å². The minimum Gasteiger partial charge on any atom is -0.462 e. The van der Waals surface area contributed by atoms with Crippen molar-refractivity contribution >= 4 is 29.3 Å². The highest BCUT2D eigenvalue weighted by molar-refractivity contribution is 7.99. The van der Waals surface area contributed by atoms with Crippen molar-refractivity contribution in [1.82, 2.24) is 5.16 Å². The van der Waals surface area contributed by atoms with Crippen molar-refractivity contribution in [2.24, 2.45) is 0 Å². The van der Waals surface area contributed by atoms with E-state index in [0.717, 1.165) is 29.9 Å². The Morgan fingerprint density at radius 2 is 1.96 bits per heavy atom. The maximum atomic E-state index is 12.0. The monoisotopic (exact) mass is 376 g/mol. The Labute approximate surface area is 157 Å². The highest BCUT2D eigenvalue weighted by Crippen LogP contribution is 2.19. The fourth-order valence-electron chi connectivity index (χ4n) is 2.23. The number of thioether (sulfide) groups is 1. The molecule has 0 aliphatic rings. The maximum absolute atomic E-state index is 12.0. The maximum Gasteiger partial charge on any atom is 0.338 e. The Morgan fingerprint density at radius 1 is 1.23 bits per heavy atom. The van der Waals surface area contributed by atoms with Gasteiger partial charge in [-0.25, -0.2) is 4.79 Å². The summed E-state index contributed by atoms with van der Waals surface area (Å²) >= 11 is 1.50. The molecule has 2 aromatic rings. The van der Waals surface area contributed by atoms with Gasteiger partial charge in [-0.1, -0.05) is 18.5 Å². The van der Waals surface area contributed by atoms with Crippen molar-refractivity contribution in [2.75, 3.05) is 17.7 Å². The fraction of sp³-hybridized carbons (Fsp3) is 0.421. The van der Waals surface area contributed by atoms with Gasteiger partial charge in [0.05, 0.1) is 23.6 Å². The third kappa shape index (κ3) is 5.91. The number of rotatable bonds is 9. The number of aromatic nitrogens is 1. The van der Waals surface area contributed by atoms with E-state index >= 15 is 0 Å². The van der Waals surface area contributed by atoms with Crippen LogP contribution in [-0.4, -0.2) is 29.4 Å². The molecule has 1 aromatic heterocycles. The van der Waals surface area contributed by atoms with Gasteiger partial charge >= 0.3 is 5.97 Å². The van der Waals surface area contributed by atoms with Crippen LogP contribution in [0.15, 0.2) is 28.8 Å². The van der Waals surface area contributed by atoms with Gasteiger partial charge in [0.1, 0.15) is 5.76 Å². The number of esters is 1. The molecular formula is C19H24N2O4S. The Bertz CT molecular complexity index is 721. The predicted molar refractivity (Wildman–Crippen MR) is 102 cm³/mol. The lowest BCUT2D eigenvalue weighted by Gasteiger charge is -2.07. The van der Waals surface area contributed by atoms with Crippen LogP contribution in [0.3, 0.4) is 0 Å². The van der Waals surface area contributed by atoms with E-state index < -0.39 is 0 Å². The minimum atomic E-state index is -0.341. The van der Waals surface area contributed by atoms with Crippen molar-refractivity contribution in [1.29, 1.82) is 0 Å². The van der Waals surface area contributed by atoms with E-state index in [-0.39, 0.29) is 11.9 Å². The van der Waals surface area contributed by atoms with Gasteiger partial charge in [-0.15, -0.1) is 11.8 Å². The van der Waals surface area contributed by atoms with E-state index in [2.05, 4.69) is 10.5 Å². The number of anilines is 1. The summed E-state index contributed by atoms with van der Waals surface area (Å²) in [4.78, 5) is 23.9. The van der Waals surface area contributed by atoms with Gasteiger partial charge < -0.3 is 14.6 Å². The standard InChI is InChI=1S/C19H24N2O4S/c1-4-5-10-24-19(23)15-6-8-16(9-7-15)20-18(22)12-26-11-17-13(2)21-25-14(17)3/h6-9H,4-5,10-12H2,1-3H3,(H,20,22). The summed E-state index contributed by atoms with van der Waals surface area (Å²) in [7, 11) is 0. The van der Waals surface area contributed by atoms with Crippen LogP contribution in [0, 0.1) is 13.8 Å².